The van der Waals surface area contributed by atoms with Gasteiger partial charge in [0.25, 0.3) is 0 Å². The Balaban J connectivity index is 4.15. The molecule has 0 aliphatic heterocycles. The molecule has 0 fully saturated rings. The van der Waals surface area contributed by atoms with E-state index in [4.69, 9.17) is 9.47 Å². The lowest BCUT2D eigenvalue weighted by Crippen LogP contribution is -2.29. The molecule has 0 saturated carbocycles. The third kappa shape index (κ3) is 35.6. The fourth-order valence-corrected chi connectivity index (χ4v) is 7.19. The van der Waals surface area contributed by atoms with Crippen molar-refractivity contribution in [2.75, 3.05) is 26.2 Å². The first-order valence-electron chi connectivity index (χ1n) is 22.7. The Morgan fingerprint density at radius 1 is 0.412 bits per heavy atom. The second-order valence-corrected chi connectivity index (χ2v) is 15.6. The number of aliphatic hydroxyl groups is 1. The van der Waals surface area contributed by atoms with Crippen molar-refractivity contribution in [1.82, 2.24) is 4.90 Å². The molecule has 1 unspecified atom stereocenters. The highest BCUT2D eigenvalue weighted by molar-refractivity contribution is 5.69. The van der Waals surface area contributed by atoms with E-state index in [1.54, 1.807) is 0 Å². The van der Waals surface area contributed by atoms with Gasteiger partial charge < -0.3 is 19.5 Å². The normalized spacial score (nSPS) is 12.2. The molecule has 0 radical (unpaired) electrons. The largest absolute Gasteiger partial charge is 0.462 e. The molecule has 0 heterocycles. The first-order valence-corrected chi connectivity index (χ1v) is 22.7. The molecule has 0 aromatic heterocycles. The summed E-state index contributed by atoms with van der Waals surface area (Å²) >= 11 is 0. The van der Waals surface area contributed by atoms with Crippen molar-refractivity contribution in [3.8, 4) is 0 Å². The van der Waals surface area contributed by atoms with Crippen LogP contribution >= 0.6 is 0 Å². The van der Waals surface area contributed by atoms with Crippen molar-refractivity contribution >= 4 is 11.9 Å². The molecular weight excluding hydrogens is 634 g/mol. The molecular formula is C45H89NO5. The van der Waals surface area contributed by atoms with Gasteiger partial charge in [0.15, 0.2) is 0 Å². The summed E-state index contributed by atoms with van der Waals surface area (Å²) in [5.41, 5.74) is 0. The van der Waals surface area contributed by atoms with Crippen LogP contribution in [-0.2, 0) is 19.1 Å². The average Bonchev–Trinajstić information content (AvgIpc) is 3.11. The van der Waals surface area contributed by atoms with Gasteiger partial charge >= 0.3 is 11.9 Å². The van der Waals surface area contributed by atoms with E-state index in [9.17, 15) is 14.7 Å². The standard InChI is InChI=1S/C45H89NO5/c1-5-9-12-15-19-25-33-42(32-8-4)50-44(48)37-29-24-31-39-46(40-41-47)38-30-23-18-22-28-36-45(49)51-43(34-26-20-16-13-10-6-2)35-27-21-17-14-11-7-3/h42-43,47H,5-41H2,1-4H3. The van der Waals surface area contributed by atoms with Gasteiger partial charge in [0.2, 0.25) is 0 Å². The van der Waals surface area contributed by atoms with Crippen molar-refractivity contribution in [2.45, 2.75) is 252 Å². The van der Waals surface area contributed by atoms with E-state index >= 15 is 0 Å². The van der Waals surface area contributed by atoms with Gasteiger partial charge in [-0.05, 0) is 83.7 Å². The van der Waals surface area contributed by atoms with Crippen molar-refractivity contribution in [1.29, 1.82) is 0 Å². The number of carbonyl (C=O) groups excluding carboxylic acids is 2. The smallest absolute Gasteiger partial charge is 0.306 e. The van der Waals surface area contributed by atoms with Gasteiger partial charge in [-0.3, -0.25) is 9.59 Å². The van der Waals surface area contributed by atoms with E-state index in [1.165, 1.54) is 109 Å². The van der Waals surface area contributed by atoms with Crippen LogP contribution in [0.2, 0.25) is 0 Å². The summed E-state index contributed by atoms with van der Waals surface area (Å²) in [6, 6.07) is 0. The average molecular weight is 724 g/mol. The third-order valence-corrected chi connectivity index (χ3v) is 10.5. The minimum Gasteiger partial charge on any atom is -0.462 e. The third-order valence-electron chi connectivity index (χ3n) is 10.5. The number of hydrogen-bond donors (Lipinski definition) is 1. The van der Waals surface area contributed by atoms with Crippen molar-refractivity contribution in [2.24, 2.45) is 0 Å². The van der Waals surface area contributed by atoms with Crippen LogP contribution in [0.1, 0.15) is 240 Å². The van der Waals surface area contributed by atoms with E-state index in [0.717, 1.165) is 103 Å². The number of nitrogens with zero attached hydrogens (tertiary/aromatic N) is 1. The molecule has 304 valence electrons. The Morgan fingerprint density at radius 2 is 0.745 bits per heavy atom. The fourth-order valence-electron chi connectivity index (χ4n) is 7.19. The van der Waals surface area contributed by atoms with Crippen molar-refractivity contribution < 1.29 is 24.2 Å². The lowest BCUT2D eigenvalue weighted by atomic mass is 10.0. The number of hydrogen-bond acceptors (Lipinski definition) is 6. The summed E-state index contributed by atoms with van der Waals surface area (Å²) in [5, 5.41) is 9.58. The van der Waals surface area contributed by atoms with Crippen molar-refractivity contribution in [3.63, 3.8) is 0 Å². The zero-order valence-corrected chi connectivity index (χ0v) is 34.8. The fraction of sp³-hybridized carbons (Fsp3) is 0.956. The molecule has 0 aromatic carbocycles. The quantitative estimate of drug-likeness (QED) is 0.0500. The Labute approximate surface area is 318 Å². The molecule has 0 aromatic rings. The second-order valence-electron chi connectivity index (χ2n) is 15.6. The molecule has 6 heteroatoms. The monoisotopic (exact) mass is 724 g/mol. The molecule has 0 saturated heterocycles. The summed E-state index contributed by atoms with van der Waals surface area (Å²) in [4.78, 5) is 27.6. The molecule has 0 rings (SSSR count). The highest BCUT2D eigenvalue weighted by Gasteiger charge is 2.15. The molecule has 0 amide bonds. The van der Waals surface area contributed by atoms with Gasteiger partial charge in [0.05, 0.1) is 6.61 Å². The van der Waals surface area contributed by atoms with Crippen LogP contribution in [0.5, 0.6) is 0 Å². The van der Waals surface area contributed by atoms with Gasteiger partial charge in [-0.25, -0.2) is 0 Å². The van der Waals surface area contributed by atoms with E-state index in [-0.39, 0.29) is 30.8 Å². The summed E-state index contributed by atoms with van der Waals surface area (Å²) in [6.45, 7) is 11.8. The van der Waals surface area contributed by atoms with E-state index in [2.05, 4.69) is 32.6 Å². The number of ether oxygens (including phenoxy) is 2. The maximum absolute atomic E-state index is 12.7. The van der Waals surface area contributed by atoms with Gasteiger partial charge in [0.1, 0.15) is 12.2 Å². The van der Waals surface area contributed by atoms with Gasteiger partial charge in [0, 0.05) is 19.4 Å². The molecule has 1 atom stereocenters. The van der Waals surface area contributed by atoms with E-state index in [0.29, 0.717) is 19.4 Å². The zero-order chi connectivity index (χ0) is 37.5. The van der Waals surface area contributed by atoms with E-state index < -0.39 is 0 Å². The molecule has 1 N–H and O–H groups in total. The predicted molar refractivity (Wildman–Crippen MR) is 218 cm³/mol. The molecule has 0 aliphatic rings. The van der Waals surface area contributed by atoms with Crippen LogP contribution < -0.4 is 0 Å². The van der Waals surface area contributed by atoms with Crippen LogP contribution in [0.4, 0.5) is 0 Å². The highest BCUT2D eigenvalue weighted by atomic mass is 16.5. The lowest BCUT2D eigenvalue weighted by molar-refractivity contribution is -0.151. The van der Waals surface area contributed by atoms with Gasteiger partial charge in [-0.2, -0.15) is 0 Å². The summed E-state index contributed by atoms with van der Waals surface area (Å²) in [5.74, 6) is -0.0191. The highest BCUT2D eigenvalue weighted by Crippen LogP contribution is 2.19. The summed E-state index contributed by atoms with van der Waals surface area (Å²) in [6.07, 6.45) is 37.7. The SMILES string of the molecule is CCCCCCCCC(CCC)OC(=O)CCCCCN(CCO)CCCCCCCC(=O)OC(CCCCCCCC)CCCCCCCC. The molecule has 51 heavy (non-hydrogen) atoms. The Hall–Kier alpha value is -1.14. The number of unbranched alkanes of at least 4 members (excludes halogenated alkanes) is 21. The molecule has 6 nitrogen and oxygen atoms in total. The minimum atomic E-state index is -0.0268. The van der Waals surface area contributed by atoms with Crippen LogP contribution in [-0.4, -0.2) is 60.4 Å². The van der Waals surface area contributed by atoms with Crippen LogP contribution in [0.3, 0.4) is 0 Å². The second kappa shape index (κ2) is 40.1. The lowest BCUT2D eigenvalue weighted by Gasteiger charge is -2.21. The Kier molecular flexibility index (Phi) is 39.2. The first-order chi connectivity index (χ1) is 25.0. The number of esters is 2. The first kappa shape index (κ1) is 49.9. The number of aliphatic hydroxyl groups excluding tert-OH is 1. The molecule has 0 aliphatic carbocycles. The maximum atomic E-state index is 12.7. The van der Waals surface area contributed by atoms with Gasteiger partial charge in [-0.1, -0.05) is 156 Å². The van der Waals surface area contributed by atoms with Crippen molar-refractivity contribution in [3.05, 3.63) is 0 Å². The summed E-state index contributed by atoms with van der Waals surface area (Å²) in [7, 11) is 0. The Bertz CT molecular complexity index is 715. The van der Waals surface area contributed by atoms with Gasteiger partial charge in [-0.15, -0.1) is 0 Å². The Morgan fingerprint density at radius 3 is 1.14 bits per heavy atom. The van der Waals surface area contributed by atoms with Crippen LogP contribution in [0.15, 0.2) is 0 Å². The number of rotatable bonds is 41. The topological polar surface area (TPSA) is 76.1 Å². The summed E-state index contributed by atoms with van der Waals surface area (Å²) < 4.78 is 11.9. The van der Waals surface area contributed by atoms with Crippen LogP contribution in [0, 0.1) is 0 Å². The number of carbonyl (C=O) groups is 2. The predicted octanol–water partition coefficient (Wildman–Crippen LogP) is 13.1. The maximum Gasteiger partial charge on any atom is 0.306 e. The van der Waals surface area contributed by atoms with E-state index in [1.807, 2.05) is 0 Å². The molecule has 0 spiro atoms. The van der Waals surface area contributed by atoms with Crippen LogP contribution in [0.25, 0.3) is 0 Å². The minimum absolute atomic E-state index is 0.00768. The zero-order valence-electron chi connectivity index (χ0n) is 34.8. The molecule has 0 bridgehead atoms.